The number of nitrogens with one attached hydrogen (secondary N) is 2. The van der Waals surface area contributed by atoms with Gasteiger partial charge in [-0.15, -0.1) is 0 Å². The number of amides is 1. The lowest BCUT2D eigenvalue weighted by Gasteiger charge is -2.13. The molecule has 3 aromatic rings. The van der Waals surface area contributed by atoms with Crippen molar-refractivity contribution < 1.29 is 4.79 Å². The number of nitrogens with zero attached hydrogens (tertiary/aromatic N) is 2. The van der Waals surface area contributed by atoms with Crippen molar-refractivity contribution in [2.45, 2.75) is 20.8 Å². The number of pyridine rings is 1. The van der Waals surface area contributed by atoms with Crippen LogP contribution in [0.15, 0.2) is 47.7 Å². The number of aromatic nitrogens is 1. The SMILES string of the molecule is CC(C)=NNc1ccnc2c(NC(=O)c3c(Cl)cccc3Cl)cc(C)cc12. The third kappa shape index (κ3) is 4.21. The Morgan fingerprint density at radius 2 is 1.78 bits per heavy atom. The maximum Gasteiger partial charge on any atom is 0.258 e. The van der Waals surface area contributed by atoms with Gasteiger partial charge in [0.25, 0.3) is 5.91 Å². The number of anilines is 2. The molecule has 3 rings (SSSR count). The van der Waals surface area contributed by atoms with E-state index in [9.17, 15) is 4.79 Å². The second-order valence-electron chi connectivity index (χ2n) is 6.29. The number of rotatable bonds is 4. The van der Waals surface area contributed by atoms with E-state index in [1.807, 2.05) is 39.0 Å². The Morgan fingerprint density at radius 3 is 2.44 bits per heavy atom. The van der Waals surface area contributed by atoms with Crippen LogP contribution in [0.2, 0.25) is 10.0 Å². The van der Waals surface area contributed by atoms with E-state index in [0.29, 0.717) is 21.2 Å². The molecular weight excluding hydrogens is 383 g/mol. The number of carbonyl (C=O) groups excluding carboxylic acids is 1. The minimum atomic E-state index is -0.389. The van der Waals surface area contributed by atoms with E-state index < -0.39 is 0 Å². The summed E-state index contributed by atoms with van der Waals surface area (Å²) in [6.45, 7) is 5.75. The molecule has 0 aliphatic heterocycles. The molecule has 0 unspecified atom stereocenters. The second kappa shape index (κ2) is 7.94. The Labute approximate surface area is 167 Å². The molecule has 2 aromatic carbocycles. The lowest BCUT2D eigenvalue weighted by molar-refractivity contribution is 0.102. The molecule has 1 amide bonds. The summed E-state index contributed by atoms with van der Waals surface area (Å²) in [6, 6.07) is 10.6. The topological polar surface area (TPSA) is 66.4 Å². The van der Waals surface area contributed by atoms with Gasteiger partial charge in [-0.25, -0.2) is 0 Å². The molecule has 2 N–H and O–H groups in total. The summed E-state index contributed by atoms with van der Waals surface area (Å²) in [5.74, 6) is -0.389. The van der Waals surface area contributed by atoms with E-state index in [2.05, 4.69) is 20.8 Å². The first-order valence-corrected chi connectivity index (χ1v) is 9.04. The van der Waals surface area contributed by atoms with Crippen molar-refractivity contribution in [3.8, 4) is 0 Å². The highest BCUT2D eigenvalue weighted by atomic mass is 35.5. The van der Waals surface area contributed by atoms with Gasteiger partial charge in [-0.05, 0) is 56.7 Å². The summed E-state index contributed by atoms with van der Waals surface area (Å²) >= 11 is 12.3. The van der Waals surface area contributed by atoms with Crippen molar-refractivity contribution in [3.63, 3.8) is 0 Å². The summed E-state index contributed by atoms with van der Waals surface area (Å²) in [6.07, 6.45) is 1.67. The van der Waals surface area contributed by atoms with Crippen LogP contribution in [0.1, 0.15) is 29.8 Å². The van der Waals surface area contributed by atoms with Crippen molar-refractivity contribution in [2.75, 3.05) is 10.7 Å². The van der Waals surface area contributed by atoms with E-state index in [0.717, 1.165) is 22.3 Å². The average Bonchev–Trinajstić information content (AvgIpc) is 2.59. The zero-order chi connectivity index (χ0) is 19.6. The Balaban J connectivity index is 2.06. The fraction of sp³-hybridized carbons (Fsp3) is 0.150. The molecule has 0 aliphatic carbocycles. The number of hydrogen-bond donors (Lipinski definition) is 2. The molecule has 0 spiro atoms. The Morgan fingerprint density at radius 1 is 1.07 bits per heavy atom. The van der Waals surface area contributed by atoms with Crippen LogP contribution in [0.4, 0.5) is 11.4 Å². The van der Waals surface area contributed by atoms with E-state index in [1.165, 1.54) is 0 Å². The monoisotopic (exact) mass is 400 g/mol. The van der Waals surface area contributed by atoms with Crippen molar-refractivity contribution in [1.29, 1.82) is 0 Å². The number of hydrazone groups is 1. The van der Waals surface area contributed by atoms with Gasteiger partial charge in [0.1, 0.15) is 0 Å². The summed E-state index contributed by atoms with van der Waals surface area (Å²) in [4.78, 5) is 17.2. The maximum atomic E-state index is 12.8. The minimum Gasteiger partial charge on any atom is -0.320 e. The van der Waals surface area contributed by atoms with Gasteiger partial charge in [0.15, 0.2) is 0 Å². The normalized spacial score (nSPS) is 10.6. The molecule has 7 heteroatoms. The number of carbonyl (C=O) groups is 1. The smallest absolute Gasteiger partial charge is 0.258 e. The summed E-state index contributed by atoms with van der Waals surface area (Å²) in [7, 11) is 0. The van der Waals surface area contributed by atoms with Crippen LogP contribution in [0.25, 0.3) is 10.9 Å². The fourth-order valence-corrected chi connectivity index (χ4v) is 3.23. The highest BCUT2D eigenvalue weighted by Gasteiger charge is 2.17. The Kier molecular flexibility index (Phi) is 5.63. The Bertz CT molecular complexity index is 1040. The molecular formula is C20H18Cl2N4O. The molecule has 0 saturated carbocycles. The number of aryl methyl sites for hydroxylation is 1. The van der Waals surface area contributed by atoms with Gasteiger partial charge in [-0.3, -0.25) is 15.2 Å². The van der Waals surface area contributed by atoms with Gasteiger partial charge in [-0.1, -0.05) is 29.3 Å². The Hall–Kier alpha value is -2.63. The third-order valence-electron chi connectivity index (χ3n) is 3.83. The van der Waals surface area contributed by atoms with Crippen LogP contribution >= 0.6 is 23.2 Å². The maximum absolute atomic E-state index is 12.8. The molecule has 5 nitrogen and oxygen atoms in total. The van der Waals surface area contributed by atoms with Crippen LogP contribution in [0, 0.1) is 6.92 Å². The van der Waals surface area contributed by atoms with Gasteiger partial charge in [-0.2, -0.15) is 5.10 Å². The molecule has 1 aromatic heterocycles. The van der Waals surface area contributed by atoms with Gasteiger partial charge in [0, 0.05) is 17.3 Å². The van der Waals surface area contributed by atoms with E-state index in [1.54, 1.807) is 24.4 Å². The quantitative estimate of drug-likeness (QED) is 0.422. The van der Waals surface area contributed by atoms with E-state index in [4.69, 9.17) is 23.2 Å². The summed E-state index contributed by atoms with van der Waals surface area (Å²) in [5.41, 5.74) is 7.16. The fourth-order valence-electron chi connectivity index (χ4n) is 2.66. The van der Waals surface area contributed by atoms with Gasteiger partial charge in [0.2, 0.25) is 0 Å². The molecule has 1 heterocycles. The molecule has 0 radical (unpaired) electrons. The molecule has 27 heavy (non-hydrogen) atoms. The van der Waals surface area contributed by atoms with E-state index >= 15 is 0 Å². The zero-order valence-corrected chi connectivity index (χ0v) is 16.6. The summed E-state index contributed by atoms with van der Waals surface area (Å²) < 4.78 is 0. The first-order valence-electron chi connectivity index (χ1n) is 8.28. The van der Waals surface area contributed by atoms with Crippen LogP contribution in [0.5, 0.6) is 0 Å². The molecule has 0 fully saturated rings. The highest BCUT2D eigenvalue weighted by Crippen LogP contribution is 2.31. The van der Waals surface area contributed by atoms with Crippen LogP contribution in [-0.2, 0) is 0 Å². The van der Waals surface area contributed by atoms with E-state index in [-0.39, 0.29) is 11.5 Å². The number of fused-ring (bicyclic) bond motifs is 1. The zero-order valence-electron chi connectivity index (χ0n) is 15.1. The minimum absolute atomic E-state index is 0.232. The molecule has 138 valence electrons. The first-order chi connectivity index (χ1) is 12.9. The van der Waals surface area contributed by atoms with Gasteiger partial charge in [0.05, 0.1) is 32.5 Å². The number of benzene rings is 2. The van der Waals surface area contributed by atoms with Crippen LogP contribution in [-0.4, -0.2) is 16.6 Å². The van der Waals surface area contributed by atoms with Gasteiger partial charge >= 0.3 is 0 Å². The largest absolute Gasteiger partial charge is 0.320 e. The third-order valence-corrected chi connectivity index (χ3v) is 4.46. The highest BCUT2D eigenvalue weighted by molar-refractivity contribution is 6.40. The van der Waals surface area contributed by atoms with Crippen LogP contribution in [0.3, 0.4) is 0 Å². The molecule has 0 aliphatic rings. The van der Waals surface area contributed by atoms with Crippen molar-refractivity contribution in [2.24, 2.45) is 5.10 Å². The van der Waals surface area contributed by atoms with Crippen molar-refractivity contribution >= 4 is 57.1 Å². The predicted octanol–water partition coefficient (Wildman–Crippen LogP) is 5.91. The average molecular weight is 401 g/mol. The first kappa shape index (κ1) is 19.1. The number of hydrogen-bond acceptors (Lipinski definition) is 4. The molecule has 0 bridgehead atoms. The predicted molar refractivity (Wildman–Crippen MR) is 113 cm³/mol. The molecule has 0 saturated heterocycles. The lowest BCUT2D eigenvalue weighted by atomic mass is 10.1. The summed E-state index contributed by atoms with van der Waals surface area (Å²) in [5, 5.41) is 8.57. The number of halogens is 2. The lowest BCUT2D eigenvalue weighted by Crippen LogP contribution is -2.14. The van der Waals surface area contributed by atoms with Crippen molar-refractivity contribution in [3.05, 3.63) is 63.8 Å². The van der Waals surface area contributed by atoms with Crippen molar-refractivity contribution in [1.82, 2.24) is 4.98 Å². The molecule has 0 atom stereocenters. The van der Waals surface area contributed by atoms with Crippen LogP contribution < -0.4 is 10.7 Å². The second-order valence-corrected chi connectivity index (χ2v) is 7.10. The standard InChI is InChI=1S/C20H18Cl2N4O/c1-11(2)25-26-16-7-8-23-19-13(16)9-12(3)10-17(19)24-20(27)18-14(21)5-4-6-15(18)22/h4-10H,1-3H3,(H,23,26)(H,24,27). The van der Waals surface area contributed by atoms with Gasteiger partial charge < -0.3 is 5.32 Å².